The van der Waals surface area contributed by atoms with Crippen LogP contribution in [-0.2, 0) is 0 Å². The van der Waals surface area contributed by atoms with E-state index < -0.39 is 5.91 Å². The van der Waals surface area contributed by atoms with Gasteiger partial charge < -0.3 is 5.73 Å². The van der Waals surface area contributed by atoms with Crippen LogP contribution in [0.5, 0.6) is 0 Å². The molecule has 1 amide bonds. The Bertz CT molecular complexity index is 913. The number of para-hydroxylation sites is 1. The Labute approximate surface area is 120 Å². The normalized spacial score (nSPS) is 10.7. The van der Waals surface area contributed by atoms with Crippen molar-refractivity contribution in [3.05, 3.63) is 70.1 Å². The Balaban J connectivity index is 2.25. The van der Waals surface area contributed by atoms with Crippen LogP contribution in [0.4, 0.5) is 0 Å². The molecule has 1 aromatic carbocycles. The second kappa shape index (κ2) is 4.86. The van der Waals surface area contributed by atoms with Crippen LogP contribution in [0.2, 0.25) is 0 Å². The molecule has 0 aliphatic rings. The van der Waals surface area contributed by atoms with Gasteiger partial charge in [-0.25, -0.2) is 4.98 Å². The van der Waals surface area contributed by atoms with Crippen molar-refractivity contribution in [1.82, 2.24) is 9.55 Å². The second-order valence-corrected chi connectivity index (χ2v) is 4.81. The Hall–Kier alpha value is -2.95. The number of benzene rings is 1. The van der Waals surface area contributed by atoms with Gasteiger partial charge in [0.1, 0.15) is 5.82 Å². The number of hydrogen-bond donors (Lipinski definition) is 1. The van der Waals surface area contributed by atoms with E-state index in [1.54, 1.807) is 6.07 Å². The van der Waals surface area contributed by atoms with E-state index in [0.29, 0.717) is 5.82 Å². The zero-order chi connectivity index (χ0) is 15.0. The summed E-state index contributed by atoms with van der Waals surface area (Å²) in [5.41, 5.74) is 7.10. The first-order valence-corrected chi connectivity index (χ1v) is 6.45. The van der Waals surface area contributed by atoms with Crippen LogP contribution >= 0.6 is 0 Å². The summed E-state index contributed by atoms with van der Waals surface area (Å²) in [5.74, 6) is -0.120. The van der Waals surface area contributed by atoms with E-state index in [2.05, 4.69) is 4.98 Å². The van der Waals surface area contributed by atoms with E-state index in [-0.39, 0.29) is 11.1 Å². The summed E-state index contributed by atoms with van der Waals surface area (Å²) in [5, 5.41) is 0.998. The van der Waals surface area contributed by atoms with E-state index in [9.17, 15) is 9.59 Å². The summed E-state index contributed by atoms with van der Waals surface area (Å²) in [6.45, 7) is 1.96. The monoisotopic (exact) mass is 279 g/mol. The van der Waals surface area contributed by atoms with Gasteiger partial charge in [-0.05, 0) is 30.7 Å². The molecule has 0 aliphatic carbocycles. The van der Waals surface area contributed by atoms with Crippen molar-refractivity contribution in [2.45, 2.75) is 6.92 Å². The Morgan fingerprint density at radius 1 is 1.14 bits per heavy atom. The number of hydrogen-bond acceptors (Lipinski definition) is 3. The SMILES string of the molecule is Cc1cccc2ccc(-n3cc(C(N)=O)ccc3=O)nc12. The van der Waals surface area contributed by atoms with Gasteiger partial charge in [-0.1, -0.05) is 18.2 Å². The van der Waals surface area contributed by atoms with E-state index >= 15 is 0 Å². The Morgan fingerprint density at radius 3 is 2.71 bits per heavy atom. The first-order chi connectivity index (χ1) is 10.1. The highest BCUT2D eigenvalue weighted by atomic mass is 16.1. The topological polar surface area (TPSA) is 78.0 Å². The van der Waals surface area contributed by atoms with Gasteiger partial charge in [-0.15, -0.1) is 0 Å². The number of carbonyl (C=O) groups excluding carboxylic acids is 1. The molecule has 0 saturated heterocycles. The van der Waals surface area contributed by atoms with Crippen LogP contribution in [-0.4, -0.2) is 15.5 Å². The maximum atomic E-state index is 12.0. The highest BCUT2D eigenvalue weighted by Gasteiger charge is 2.07. The Kier molecular flexibility index (Phi) is 3.02. The average Bonchev–Trinajstić information content (AvgIpc) is 2.48. The average molecular weight is 279 g/mol. The minimum absolute atomic E-state index is 0.263. The maximum absolute atomic E-state index is 12.0. The first-order valence-electron chi connectivity index (χ1n) is 6.45. The summed E-state index contributed by atoms with van der Waals surface area (Å²) < 4.78 is 1.33. The molecule has 5 nitrogen and oxygen atoms in total. The van der Waals surface area contributed by atoms with Crippen molar-refractivity contribution >= 4 is 16.8 Å². The van der Waals surface area contributed by atoms with Gasteiger partial charge >= 0.3 is 0 Å². The van der Waals surface area contributed by atoms with Gasteiger partial charge in [0.25, 0.3) is 5.56 Å². The second-order valence-electron chi connectivity index (χ2n) is 4.81. The number of primary amides is 1. The van der Waals surface area contributed by atoms with Crippen LogP contribution in [0, 0.1) is 6.92 Å². The number of aryl methyl sites for hydroxylation is 1. The zero-order valence-corrected chi connectivity index (χ0v) is 11.4. The third-order valence-electron chi connectivity index (χ3n) is 3.35. The molecule has 3 aromatic rings. The molecular weight excluding hydrogens is 266 g/mol. The quantitative estimate of drug-likeness (QED) is 0.776. The van der Waals surface area contributed by atoms with E-state index in [0.717, 1.165) is 16.5 Å². The van der Waals surface area contributed by atoms with E-state index in [1.807, 2.05) is 31.2 Å². The lowest BCUT2D eigenvalue weighted by molar-refractivity contribution is 0.0999. The molecule has 0 spiro atoms. The molecule has 0 atom stereocenters. The molecule has 2 heterocycles. The summed E-state index contributed by atoms with van der Waals surface area (Å²) >= 11 is 0. The largest absolute Gasteiger partial charge is 0.366 e. The number of rotatable bonds is 2. The molecular formula is C16H13N3O2. The molecule has 0 bridgehead atoms. The van der Waals surface area contributed by atoms with Crippen LogP contribution in [0.1, 0.15) is 15.9 Å². The van der Waals surface area contributed by atoms with Gasteiger partial charge in [0, 0.05) is 17.6 Å². The van der Waals surface area contributed by atoms with Gasteiger partial charge in [0.05, 0.1) is 11.1 Å². The molecule has 0 aliphatic heterocycles. The Morgan fingerprint density at radius 2 is 1.95 bits per heavy atom. The molecule has 2 aromatic heterocycles. The summed E-state index contributed by atoms with van der Waals surface area (Å²) in [4.78, 5) is 27.8. The summed E-state index contributed by atoms with van der Waals surface area (Å²) in [6, 6.07) is 12.2. The lowest BCUT2D eigenvalue weighted by Crippen LogP contribution is -2.21. The number of aromatic nitrogens is 2. The fourth-order valence-corrected chi connectivity index (χ4v) is 2.23. The lowest BCUT2D eigenvalue weighted by Gasteiger charge is -2.08. The van der Waals surface area contributed by atoms with E-state index in [4.69, 9.17) is 5.73 Å². The maximum Gasteiger partial charge on any atom is 0.256 e. The number of nitrogens with zero attached hydrogens (tertiary/aromatic N) is 2. The third kappa shape index (κ3) is 2.29. The predicted octanol–water partition coefficient (Wildman–Crippen LogP) is 1.79. The van der Waals surface area contributed by atoms with Gasteiger partial charge in [-0.2, -0.15) is 0 Å². The third-order valence-corrected chi connectivity index (χ3v) is 3.35. The van der Waals surface area contributed by atoms with Crippen molar-refractivity contribution in [2.75, 3.05) is 0 Å². The fourth-order valence-electron chi connectivity index (χ4n) is 2.23. The van der Waals surface area contributed by atoms with Crippen molar-refractivity contribution in [1.29, 1.82) is 0 Å². The molecule has 0 fully saturated rings. The van der Waals surface area contributed by atoms with Crippen molar-refractivity contribution < 1.29 is 4.79 Å². The molecule has 3 rings (SSSR count). The van der Waals surface area contributed by atoms with E-state index in [1.165, 1.54) is 22.9 Å². The van der Waals surface area contributed by atoms with Crippen LogP contribution in [0.15, 0.2) is 53.5 Å². The number of carbonyl (C=O) groups is 1. The molecule has 104 valence electrons. The van der Waals surface area contributed by atoms with Gasteiger partial charge in [-0.3, -0.25) is 14.2 Å². The summed E-state index contributed by atoms with van der Waals surface area (Å²) in [7, 11) is 0. The highest BCUT2D eigenvalue weighted by Crippen LogP contribution is 2.17. The molecule has 0 unspecified atom stereocenters. The van der Waals surface area contributed by atoms with Crippen molar-refractivity contribution in [3.63, 3.8) is 0 Å². The minimum atomic E-state index is -0.583. The number of nitrogens with two attached hydrogens (primary N) is 1. The van der Waals surface area contributed by atoms with Crippen LogP contribution in [0.3, 0.4) is 0 Å². The molecule has 21 heavy (non-hydrogen) atoms. The zero-order valence-electron chi connectivity index (χ0n) is 11.4. The van der Waals surface area contributed by atoms with Crippen LogP contribution in [0.25, 0.3) is 16.7 Å². The molecule has 2 N–H and O–H groups in total. The van der Waals surface area contributed by atoms with Crippen LogP contribution < -0.4 is 11.3 Å². The highest BCUT2D eigenvalue weighted by molar-refractivity contribution is 5.92. The minimum Gasteiger partial charge on any atom is -0.366 e. The van der Waals surface area contributed by atoms with Gasteiger partial charge in [0.2, 0.25) is 5.91 Å². The number of fused-ring (bicyclic) bond motifs is 1. The number of pyridine rings is 2. The smallest absolute Gasteiger partial charge is 0.256 e. The summed E-state index contributed by atoms with van der Waals surface area (Å²) in [6.07, 6.45) is 1.41. The van der Waals surface area contributed by atoms with Gasteiger partial charge in [0.15, 0.2) is 0 Å². The number of amides is 1. The first kappa shape index (κ1) is 13.1. The predicted molar refractivity (Wildman–Crippen MR) is 80.6 cm³/mol. The van der Waals surface area contributed by atoms with Crippen molar-refractivity contribution in [2.24, 2.45) is 5.73 Å². The molecule has 0 radical (unpaired) electrons. The molecule has 0 saturated carbocycles. The standard InChI is InChI=1S/C16H13N3O2/c1-10-3-2-4-11-5-7-13(18-15(10)11)19-9-12(16(17)21)6-8-14(19)20/h2-9H,1H3,(H2,17,21). The van der Waals surface area contributed by atoms with Crippen molar-refractivity contribution in [3.8, 4) is 5.82 Å². The fraction of sp³-hybridized carbons (Fsp3) is 0.0625. The molecule has 5 heteroatoms. The lowest BCUT2D eigenvalue weighted by atomic mass is 10.1.